The SMILES string of the molecule is CN(C)C(=O)c1cccc(N2CC(C(N)=O)CC2=O)c1. The first-order chi connectivity index (χ1) is 9.40. The van der Waals surface area contributed by atoms with E-state index in [1.807, 2.05) is 0 Å². The van der Waals surface area contributed by atoms with E-state index >= 15 is 0 Å². The minimum Gasteiger partial charge on any atom is -0.369 e. The first-order valence-corrected chi connectivity index (χ1v) is 6.31. The molecule has 6 heteroatoms. The Labute approximate surface area is 117 Å². The molecule has 1 aromatic rings. The van der Waals surface area contributed by atoms with Crippen molar-refractivity contribution in [1.82, 2.24) is 4.90 Å². The van der Waals surface area contributed by atoms with Crippen LogP contribution in [0.5, 0.6) is 0 Å². The highest BCUT2D eigenvalue weighted by Crippen LogP contribution is 2.25. The van der Waals surface area contributed by atoms with E-state index in [4.69, 9.17) is 5.73 Å². The smallest absolute Gasteiger partial charge is 0.253 e. The van der Waals surface area contributed by atoms with E-state index in [1.54, 1.807) is 38.4 Å². The zero-order valence-electron chi connectivity index (χ0n) is 11.5. The fraction of sp³-hybridized carbons (Fsp3) is 0.357. The van der Waals surface area contributed by atoms with Crippen molar-refractivity contribution in [2.45, 2.75) is 6.42 Å². The molecule has 106 valence electrons. The zero-order valence-corrected chi connectivity index (χ0v) is 11.5. The summed E-state index contributed by atoms with van der Waals surface area (Å²) in [6.45, 7) is 0.272. The van der Waals surface area contributed by atoms with Crippen LogP contribution in [0.2, 0.25) is 0 Å². The van der Waals surface area contributed by atoms with Gasteiger partial charge in [0.1, 0.15) is 0 Å². The maximum atomic E-state index is 11.9. The average Bonchev–Trinajstić information content (AvgIpc) is 2.80. The molecule has 0 saturated carbocycles. The van der Waals surface area contributed by atoms with Crippen LogP contribution < -0.4 is 10.6 Å². The lowest BCUT2D eigenvalue weighted by atomic mass is 10.1. The van der Waals surface area contributed by atoms with Gasteiger partial charge in [-0.15, -0.1) is 0 Å². The molecule has 0 spiro atoms. The molecule has 1 atom stereocenters. The lowest BCUT2D eigenvalue weighted by molar-refractivity contribution is -0.123. The van der Waals surface area contributed by atoms with E-state index < -0.39 is 11.8 Å². The van der Waals surface area contributed by atoms with Crippen molar-refractivity contribution < 1.29 is 14.4 Å². The number of carbonyl (C=O) groups is 3. The van der Waals surface area contributed by atoms with E-state index in [-0.39, 0.29) is 24.8 Å². The van der Waals surface area contributed by atoms with Gasteiger partial charge in [-0.25, -0.2) is 0 Å². The summed E-state index contributed by atoms with van der Waals surface area (Å²) in [4.78, 5) is 38.0. The van der Waals surface area contributed by atoms with Crippen LogP contribution in [0.1, 0.15) is 16.8 Å². The van der Waals surface area contributed by atoms with Gasteiger partial charge in [-0.3, -0.25) is 14.4 Å². The Balaban J connectivity index is 2.26. The number of anilines is 1. The van der Waals surface area contributed by atoms with Crippen molar-refractivity contribution in [2.75, 3.05) is 25.5 Å². The summed E-state index contributed by atoms with van der Waals surface area (Å²) in [5.41, 5.74) is 6.36. The summed E-state index contributed by atoms with van der Waals surface area (Å²) in [5.74, 6) is -1.22. The monoisotopic (exact) mass is 275 g/mol. The topological polar surface area (TPSA) is 83.7 Å². The largest absolute Gasteiger partial charge is 0.369 e. The number of nitrogens with zero attached hydrogens (tertiary/aromatic N) is 2. The molecule has 3 amide bonds. The van der Waals surface area contributed by atoms with Gasteiger partial charge >= 0.3 is 0 Å². The molecule has 0 radical (unpaired) electrons. The summed E-state index contributed by atoms with van der Waals surface area (Å²) in [6, 6.07) is 6.81. The van der Waals surface area contributed by atoms with E-state index in [1.165, 1.54) is 9.80 Å². The summed E-state index contributed by atoms with van der Waals surface area (Å²) in [7, 11) is 3.33. The van der Waals surface area contributed by atoms with Crippen LogP contribution in [0.4, 0.5) is 5.69 Å². The number of carbonyl (C=O) groups excluding carboxylic acids is 3. The summed E-state index contributed by atoms with van der Waals surface area (Å²) < 4.78 is 0. The molecule has 6 nitrogen and oxygen atoms in total. The van der Waals surface area contributed by atoms with Crippen LogP contribution in [0.3, 0.4) is 0 Å². The van der Waals surface area contributed by atoms with Crippen molar-refractivity contribution in [3.63, 3.8) is 0 Å². The number of nitrogens with two attached hydrogens (primary N) is 1. The van der Waals surface area contributed by atoms with Gasteiger partial charge in [0, 0.05) is 38.3 Å². The number of amides is 3. The van der Waals surface area contributed by atoms with Gasteiger partial charge in [-0.1, -0.05) is 6.07 Å². The third-order valence-corrected chi connectivity index (χ3v) is 3.34. The molecule has 2 rings (SSSR count). The standard InChI is InChI=1S/C14H17N3O3/c1-16(2)14(20)9-4-3-5-11(6-9)17-8-10(13(15)19)7-12(17)18/h3-6,10H,7-8H2,1-2H3,(H2,15,19). The third-order valence-electron chi connectivity index (χ3n) is 3.34. The van der Waals surface area contributed by atoms with Crippen LogP contribution in [-0.4, -0.2) is 43.3 Å². The van der Waals surface area contributed by atoms with E-state index in [0.717, 1.165) is 0 Å². The molecular formula is C14H17N3O3. The normalized spacial score (nSPS) is 18.2. The highest BCUT2D eigenvalue weighted by Gasteiger charge is 2.34. The minimum atomic E-state index is -0.471. The second-order valence-corrected chi connectivity index (χ2v) is 5.06. The lowest BCUT2D eigenvalue weighted by Crippen LogP contribution is -2.28. The second-order valence-electron chi connectivity index (χ2n) is 5.06. The molecule has 20 heavy (non-hydrogen) atoms. The quantitative estimate of drug-likeness (QED) is 0.857. The molecular weight excluding hydrogens is 258 g/mol. The molecule has 1 fully saturated rings. The Morgan fingerprint density at radius 3 is 2.60 bits per heavy atom. The molecule has 0 aromatic heterocycles. The molecule has 1 saturated heterocycles. The van der Waals surface area contributed by atoms with Gasteiger partial charge in [0.25, 0.3) is 5.91 Å². The van der Waals surface area contributed by atoms with Gasteiger partial charge in [0.15, 0.2) is 0 Å². The average molecular weight is 275 g/mol. The van der Waals surface area contributed by atoms with E-state index in [9.17, 15) is 14.4 Å². The van der Waals surface area contributed by atoms with Crippen LogP contribution in [-0.2, 0) is 9.59 Å². The van der Waals surface area contributed by atoms with Crippen molar-refractivity contribution in [1.29, 1.82) is 0 Å². The highest BCUT2D eigenvalue weighted by atomic mass is 16.2. The Bertz CT molecular complexity index is 569. The Kier molecular flexibility index (Phi) is 3.74. The molecule has 0 aliphatic carbocycles. The lowest BCUT2D eigenvalue weighted by Gasteiger charge is -2.18. The predicted molar refractivity (Wildman–Crippen MR) is 74.1 cm³/mol. The maximum Gasteiger partial charge on any atom is 0.253 e. The number of benzene rings is 1. The van der Waals surface area contributed by atoms with Gasteiger partial charge in [0.05, 0.1) is 5.92 Å². The molecule has 1 unspecified atom stereocenters. The van der Waals surface area contributed by atoms with Gasteiger partial charge in [-0.05, 0) is 18.2 Å². The van der Waals surface area contributed by atoms with Crippen molar-refractivity contribution in [3.8, 4) is 0 Å². The van der Waals surface area contributed by atoms with Crippen molar-refractivity contribution in [3.05, 3.63) is 29.8 Å². The third kappa shape index (κ3) is 2.64. The summed E-state index contributed by atoms with van der Waals surface area (Å²) >= 11 is 0. The first kappa shape index (κ1) is 14.0. The molecule has 1 aromatic carbocycles. The van der Waals surface area contributed by atoms with E-state index in [2.05, 4.69) is 0 Å². The Morgan fingerprint density at radius 1 is 1.35 bits per heavy atom. The van der Waals surface area contributed by atoms with Crippen molar-refractivity contribution >= 4 is 23.4 Å². The minimum absolute atomic E-state index is 0.126. The zero-order chi connectivity index (χ0) is 14.9. The van der Waals surface area contributed by atoms with E-state index in [0.29, 0.717) is 11.3 Å². The van der Waals surface area contributed by atoms with Crippen LogP contribution in [0.25, 0.3) is 0 Å². The van der Waals surface area contributed by atoms with Crippen LogP contribution in [0.15, 0.2) is 24.3 Å². The maximum absolute atomic E-state index is 11.9. The fourth-order valence-electron chi connectivity index (χ4n) is 2.21. The summed E-state index contributed by atoms with van der Waals surface area (Å²) in [5, 5.41) is 0. The van der Waals surface area contributed by atoms with Crippen LogP contribution >= 0.6 is 0 Å². The summed E-state index contributed by atoms with van der Waals surface area (Å²) in [6.07, 6.45) is 0.126. The molecule has 0 bridgehead atoms. The number of hydrogen-bond acceptors (Lipinski definition) is 3. The van der Waals surface area contributed by atoms with Gasteiger partial charge in [0.2, 0.25) is 11.8 Å². The number of primary amides is 1. The Hall–Kier alpha value is -2.37. The molecule has 2 N–H and O–H groups in total. The Morgan fingerprint density at radius 2 is 2.05 bits per heavy atom. The molecule has 1 heterocycles. The number of rotatable bonds is 3. The number of hydrogen-bond donors (Lipinski definition) is 1. The molecule has 1 aliphatic heterocycles. The predicted octanol–water partition coefficient (Wildman–Crippen LogP) is 0.227. The van der Waals surface area contributed by atoms with Crippen LogP contribution in [0, 0.1) is 5.92 Å². The van der Waals surface area contributed by atoms with Gasteiger partial charge in [-0.2, -0.15) is 0 Å². The fourth-order valence-corrected chi connectivity index (χ4v) is 2.21. The molecule has 1 aliphatic rings. The van der Waals surface area contributed by atoms with Gasteiger partial charge < -0.3 is 15.5 Å². The highest BCUT2D eigenvalue weighted by molar-refractivity contribution is 6.01. The van der Waals surface area contributed by atoms with Crippen molar-refractivity contribution in [2.24, 2.45) is 11.7 Å². The first-order valence-electron chi connectivity index (χ1n) is 6.31. The second kappa shape index (κ2) is 5.32.